The van der Waals surface area contributed by atoms with Gasteiger partial charge in [0.1, 0.15) is 5.76 Å². The predicted molar refractivity (Wildman–Crippen MR) is 149 cm³/mol. The Kier molecular flexibility index (Phi) is 20.1. The first-order valence-corrected chi connectivity index (χ1v) is 11.4. The lowest BCUT2D eigenvalue weighted by molar-refractivity contribution is -0.129. The smallest absolute Gasteiger partial charge is 0.230 e. The molecule has 0 aromatic carbocycles. The fourth-order valence-electron chi connectivity index (χ4n) is 2.61. The van der Waals surface area contributed by atoms with Crippen molar-refractivity contribution >= 4 is 5.91 Å². The van der Waals surface area contributed by atoms with Gasteiger partial charge in [-0.1, -0.05) is 44.4 Å². The maximum absolute atomic E-state index is 12.5. The summed E-state index contributed by atoms with van der Waals surface area (Å²) in [6, 6.07) is 3.94. The quantitative estimate of drug-likeness (QED) is 0.140. The van der Waals surface area contributed by atoms with Gasteiger partial charge in [-0.05, 0) is 70.0 Å². The van der Waals surface area contributed by atoms with Gasteiger partial charge in [0.25, 0.3) is 0 Å². The third kappa shape index (κ3) is 15.8. The number of hydrogen-bond donors (Lipinski definition) is 4. The Morgan fingerprint density at radius 2 is 1.83 bits per heavy atom. The summed E-state index contributed by atoms with van der Waals surface area (Å²) in [6.07, 6.45) is 16.3. The molecule has 1 heterocycles. The molecule has 0 spiro atoms. The Bertz CT molecular complexity index is 844. The number of methoxy groups -OCH3 is 1. The van der Waals surface area contributed by atoms with Gasteiger partial charge in [-0.15, -0.1) is 6.58 Å². The fraction of sp³-hybridized carbons (Fsp3) is 0.357. The first kappa shape index (κ1) is 33.6. The lowest BCUT2D eigenvalue weighted by Gasteiger charge is -2.31. The molecule has 1 aromatic heterocycles. The highest BCUT2D eigenvalue weighted by Crippen LogP contribution is 2.34. The number of hydrogen-bond acceptors (Lipinski definition) is 6. The van der Waals surface area contributed by atoms with Gasteiger partial charge >= 0.3 is 0 Å². The number of aromatic nitrogens is 1. The van der Waals surface area contributed by atoms with Crippen molar-refractivity contribution in [2.75, 3.05) is 14.2 Å². The van der Waals surface area contributed by atoms with Crippen LogP contribution in [0.25, 0.3) is 0 Å². The molecule has 1 amide bonds. The van der Waals surface area contributed by atoms with E-state index >= 15 is 0 Å². The number of nitrogens with zero attached hydrogens (tertiary/aromatic N) is 1. The Labute approximate surface area is 212 Å². The molecule has 1 unspecified atom stereocenters. The highest BCUT2D eigenvalue weighted by molar-refractivity contribution is 5.84. The van der Waals surface area contributed by atoms with E-state index in [0.29, 0.717) is 17.9 Å². The Morgan fingerprint density at radius 3 is 2.17 bits per heavy atom. The molecule has 0 saturated heterocycles. The van der Waals surface area contributed by atoms with Gasteiger partial charge in [0.05, 0.1) is 18.2 Å². The average molecular weight is 484 g/mol. The molecule has 1 aliphatic carbocycles. The summed E-state index contributed by atoms with van der Waals surface area (Å²) in [5.41, 5.74) is 5.16. The molecule has 1 aromatic rings. The molecule has 194 valence electrons. The van der Waals surface area contributed by atoms with E-state index in [0.717, 1.165) is 18.5 Å². The first-order valence-electron chi connectivity index (χ1n) is 11.4. The van der Waals surface area contributed by atoms with Gasteiger partial charge in [-0.2, -0.15) is 0 Å². The molecule has 0 aliphatic heterocycles. The van der Waals surface area contributed by atoms with Crippen LogP contribution in [0.3, 0.4) is 0 Å². The molecule has 1 atom stereocenters. The zero-order valence-corrected chi connectivity index (χ0v) is 22.4. The van der Waals surface area contributed by atoms with Gasteiger partial charge in [-0.25, -0.2) is 0 Å². The number of pyridine rings is 1. The highest BCUT2D eigenvalue weighted by Gasteiger charge is 2.34. The number of ether oxygens (including phenoxy) is 1. The van der Waals surface area contributed by atoms with Crippen molar-refractivity contribution in [1.82, 2.24) is 21.0 Å². The summed E-state index contributed by atoms with van der Waals surface area (Å²) in [7, 11) is 3.38. The standard InChI is InChI=1S/C16H25N3O2.C6H7N.C3H7N.C3H6/c1-5-6-7-14(21-4)12(2)18-15(20)16(3)10-8-13(19-17)9-11-16;1-6-2-4-7-5-3-6;1-3-4-2;1-3-2/h5-8,19H,1,9-11,17H2,2-4H3,(H,18,20);2-5H,1H3;3-4H,1H2,2H3;3H,1H2,2H3/b7-6-,14-12-;;;. The molecule has 7 nitrogen and oxygen atoms in total. The molecule has 5 N–H and O–H groups in total. The van der Waals surface area contributed by atoms with E-state index in [9.17, 15) is 4.79 Å². The maximum atomic E-state index is 12.5. The second kappa shape index (κ2) is 21.0. The van der Waals surface area contributed by atoms with Crippen molar-refractivity contribution in [3.63, 3.8) is 0 Å². The van der Waals surface area contributed by atoms with Gasteiger partial charge in [0.15, 0.2) is 0 Å². The minimum absolute atomic E-state index is 0.00567. The molecular formula is C28H45N5O2. The second-order valence-corrected chi connectivity index (χ2v) is 7.81. The van der Waals surface area contributed by atoms with Crippen LogP contribution >= 0.6 is 0 Å². The SMILES string of the molecule is C=C/C=C\C(OC)=C(/C)NC(=O)C1(C)CC=C(NN)CC1.C=CC.C=CNC.Cc1ccncc1. The number of nitrogens with two attached hydrogens (primary N) is 1. The van der Waals surface area contributed by atoms with Gasteiger partial charge in [0, 0.05) is 25.1 Å². The van der Waals surface area contributed by atoms with E-state index in [-0.39, 0.29) is 5.91 Å². The third-order valence-electron chi connectivity index (χ3n) is 4.80. The van der Waals surface area contributed by atoms with Crippen LogP contribution in [-0.4, -0.2) is 25.0 Å². The van der Waals surface area contributed by atoms with Gasteiger partial charge < -0.3 is 20.8 Å². The van der Waals surface area contributed by atoms with E-state index in [1.165, 1.54) is 5.56 Å². The van der Waals surface area contributed by atoms with E-state index in [4.69, 9.17) is 10.6 Å². The third-order valence-corrected chi connectivity index (χ3v) is 4.80. The van der Waals surface area contributed by atoms with Crippen LogP contribution < -0.4 is 21.9 Å². The fourth-order valence-corrected chi connectivity index (χ4v) is 2.61. The summed E-state index contributed by atoms with van der Waals surface area (Å²) in [6.45, 7) is 18.1. The van der Waals surface area contributed by atoms with Crippen LogP contribution in [-0.2, 0) is 9.53 Å². The first-order chi connectivity index (χ1) is 16.7. The summed E-state index contributed by atoms with van der Waals surface area (Å²) >= 11 is 0. The number of nitrogens with one attached hydrogen (secondary N) is 3. The zero-order chi connectivity index (χ0) is 27.1. The Balaban J connectivity index is 0. The minimum Gasteiger partial charge on any atom is -0.495 e. The van der Waals surface area contributed by atoms with E-state index in [2.05, 4.69) is 40.8 Å². The zero-order valence-electron chi connectivity index (χ0n) is 22.4. The molecule has 0 saturated carbocycles. The van der Waals surface area contributed by atoms with Crippen LogP contribution in [0.5, 0.6) is 0 Å². The lowest BCUT2D eigenvalue weighted by Crippen LogP contribution is -2.40. The Morgan fingerprint density at radius 1 is 1.26 bits per heavy atom. The van der Waals surface area contributed by atoms with Gasteiger partial charge in [0.2, 0.25) is 5.91 Å². The number of allylic oxidation sites excluding steroid dienone is 7. The summed E-state index contributed by atoms with van der Waals surface area (Å²) in [4.78, 5) is 16.3. The summed E-state index contributed by atoms with van der Waals surface area (Å²) < 4.78 is 5.26. The maximum Gasteiger partial charge on any atom is 0.230 e. The summed E-state index contributed by atoms with van der Waals surface area (Å²) in [5.74, 6) is 6.00. The van der Waals surface area contributed by atoms with E-state index in [1.54, 1.807) is 50.0 Å². The van der Waals surface area contributed by atoms with Crippen molar-refractivity contribution in [3.8, 4) is 0 Å². The molecular weight excluding hydrogens is 438 g/mol. The molecule has 35 heavy (non-hydrogen) atoms. The molecule has 0 fully saturated rings. The predicted octanol–water partition coefficient (Wildman–Crippen LogP) is 5.19. The molecule has 0 radical (unpaired) electrons. The van der Waals surface area contributed by atoms with Crippen LogP contribution in [0.1, 0.15) is 45.6 Å². The van der Waals surface area contributed by atoms with Crippen LogP contribution in [0, 0.1) is 12.3 Å². The number of amides is 1. The van der Waals surface area contributed by atoms with E-state index in [1.807, 2.05) is 53.0 Å². The minimum atomic E-state index is -0.428. The number of hydrazine groups is 1. The molecule has 2 rings (SSSR count). The number of carbonyl (C=O) groups excluding carboxylic acids is 1. The monoisotopic (exact) mass is 483 g/mol. The van der Waals surface area contributed by atoms with Gasteiger partial charge in [-0.3, -0.25) is 15.6 Å². The van der Waals surface area contributed by atoms with Crippen molar-refractivity contribution in [2.24, 2.45) is 11.3 Å². The Hall–Kier alpha value is -3.58. The lowest BCUT2D eigenvalue weighted by atomic mass is 9.77. The normalized spacial score (nSPS) is 16.6. The van der Waals surface area contributed by atoms with Crippen molar-refractivity contribution in [2.45, 2.75) is 47.0 Å². The van der Waals surface area contributed by atoms with E-state index < -0.39 is 5.41 Å². The number of aryl methyl sites for hydroxylation is 1. The summed E-state index contributed by atoms with van der Waals surface area (Å²) in [5, 5.41) is 5.63. The van der Waals surface area contributed by atoms with Crippen LogP contribution in [0.2, 0.25) is 0 Å². The number of carbonyl (C=O) groups is 1. The largest absolute Gasteiger partial charge is 0.495 e. The highest BCUT2D eigenvalue weighted by atomic mass is 16.5. The van der Waals surface area contributed by atoms with Crippen molar-refractivity contribution in [3.05, 3.63) is 104 Å². The van der Waals surface area contributed by atoms with Crippen LogP contribution in [0.4, 0.5) is 0 Å². The number of rotatable bonds is 7. The van der Waals surface area contributed by atoms with Crippen LogP contribution in [0.15, 0.2) is 98.0 Å². The average Bonchev–Trinajstić information content (AvgIpc) is 2.86. The molecule has 0 bridgehead atoms. The molecule has 1 aliphatic rings. The second-order valence-electron chi connectivity index (χ2n) is 7.81. The van der Waals surface area contributed by atoms with Crippen molar-refractivity contribution < 1.29 is 9.53 Å². The topological polar surface area (TPSA) is 101 Å². The van der Waals surface area contributed by atoms with Crippen molar-refractivity contribution in [1.29, 1.82) is 0 Å². The molecule has 7 heteroatoms.